The second-order valence-electron chi connectivity index (χ2n) is 4.97. The monoisotopic (exact) mass is 344 g/mol. The lowest BCUT2D eigenvalue weighted by Gasteiger charge is -2.17. The van der Waals surface area contributed by atoms with Gasteiger partial charge in [0.15, 0.2) is 0 Å². The smallest absolute Gasteiger partial charge is 0.252 e. The van der Waals surface area contributed by atoms with Crippen LogP contribution in [-0.2, 0) is 10.0 Å². The molecule has 0 saturated carbocycles. The summed E-state index contributed by atoms with van der Waals surface area (Å²) < 4.78 is 32.0. The molecule has 122 valence electrons. The van der Waals surface area contributed by atoms with E-state index in [1.807, 2.05) is 6.26 Å². The van der Waals surface area contributed by atoms with Crippen molar-refractivity contribution < 1.29 is 17.9 Å². The topological polar surface area (TPSA) is 89.7 Å². The highest BCUT2D eigenvalue weighted by molar-refractivity contribution is 7.98. The van der Waals surface area contributed by atoms with E-state index in [1.165, 1.54) is 22.5 Å². The lowest BCUT2D eigenvalue weighted by Crippen LogP contribution is -2.28. The zero-order chi connectivity index (χ0) is 16.2. The Kier molecular flexibility index (Phi) is 5.71. The zero-order valence-corrected chi connectivity index (χ0v) is 14.1. The molecule has 0 aromatic heterocycles. The molecule has 0 spiro atoms. The lowest BCUT2D eigenvalue weighted by molar-refractivity contribution is 0.0996. The average molecular weight is 344 g/mol. The summed E-state index contributed by atoms with van der Waals surface area (Å²) in [5, 5.41) is 0. The van der Waals surface area contributed by atoms with Crippen LogP contribution in [0.2, 0.25) is 0 Å². The number of nitrogens with two attached hydrogens (primary N) is 1. The number of primary amides is 1. The summed E-state index contributed by atoms with van der Waals surface area (Å²) in [5.41, 5.74) is 5.45. The molecule has 1 fully saturated rings. The van der Waals surface area contributed by atoms with Gasteiger partial charge in [-0.05, 0) is 37.3 Å². The van der Waals surface area contributed by atoms with Gasteiger partial charge in [-0.2, -0.15) is 16.1 Å². The summed E-state index contributed by atoms with van der Waals surface area (Å²) >= 11 is 1.62. The van der Waals surface area contributed by atoms with Gasteiger partial charge in [0.2, 0.25) is 10.0 Å². The van der Waals surface area contributed by atoms with Crippen LogP contribution in [0.4, 0.5) is 0 Å². The van der Waals surface area contributed by atoms with Gasteiger partial charge in [0.1, 0.15) is 5.75 Å². The summed E-state index contributed by atoms with van der Waals surface area (Å²) in [6.07, 6.45) is 3.67. The molecule has 0 aliphatic carbocycles. The van der Waals surface area contributed by atoms with Crippen molar-refractivity contribution in [2.45, 2.75) is 17.7 Å². The largest absolute Gasteiger partial charge is 0.492 e. The minimum atomic E-state index is -3.57. The van der Waals surface area contributed by atoms with Gasteiger partial charge in [-0.3, -0.25) is 4.79 Å². The molecule has 0 bridgehead atoms. The van der Waals surface area contributed by atoms with Gasteiger partial charge < -0.3 is 10.5 Å². The third kappa shape index (κ3) is 3.74. The van der Waals surface area contributed by atoms with Crippen LogP contribution in [-0.4, -0.2) is 50.3 Å². The van der Waals surface area contributed by atoms with E-state index in [1.54, 1.807) is 11.8 Å². The summed E-state index contributed by atoms with van der Waals surface area (Å²) in [6.45, 7) is 1.46. The highest BCUT2D eigenvalue weighted by atomic mass is 32.2. The maximum Gasteiger partial charge on any atom is 0.252 e. The molecule has 6 nitrogen and oxygen atoms in total. The van der Waals surface area contributed by atoms with Crippen molar-refractivity contribution in [3.05, 3.63) is 23.8 Å². The fourth-order valence-corrected chi connectivity index (χ4v) is 4.09. The predicted octanol–water partition coefficient (Wildman–Crippen LogP) is 1.31. The van der Waals surface area contributed by atoms with Crippen molar-refractivity contribution in [2.24, 2.45) is 5.73 Å². The van der Waals surface area contributed by atoms with Crippen LogP contribution < -0.4 is 10.5 Å². The maximum atomic E-state index is 12.5. The molecule has 1 aromatic carbocycles. The SMILES string of the molecule is CSCCOc1ccc(S(=O)(=O)N2CCCC2)cc1C(N)=O. The Morgan fingerprint density at radius 2 is 2.05 bits per heavy atom. The van der Waals surface area contributed by atoms with Crippen LogP contribution >= 0.6 is 11.8 Å². The molecule has 2 N–H and O–H groups in total. The van der Waals surface area contributed by atoms with E-state index in [9.17, 15) is 13.2 Å². The van der Waals surface area contributed by atoms with Gasteiger partial charge in [-0.1, -0.05) is 0 Å². The van der Waals surface area contributed by atoms with Crippen molar-refractivity contribution in [2.75, 3.05) is 31.7 Å². The highest BCUT2D eigenvalue weighted by Gasteiger charge is 2.28. The number of hydrogen-bond acceptors (Lipinski definition) is 5. The Labute approximate surface area is 135 Å². The molecule has 1 amide bonds. The van der Waals surface area contributed by atoms with Crippen LogP contribution in [0.25, 0.3) is 0 Å². The Balaban J connectivity index is 2.30. The van der Waals surface area contributed by atoms with E-state index in [0.717, 1.165) is 18.6 Å². The molecule has 1 heterocycles. The van der Waals surface area contributed by atoms with Crippen molar-refractivity contribution >= 4 is 27.7 Å². The fourth-order valence-electron chi connectivity index (χ4n) is 2.30. The number of hydrogen-bond donors (Lipinski definition) is 1. The van der Waals surface area contributed by atoms with Gasteiger partial charge in [0.05, 0.1) is 17.1 Å². The minimum Gasteiger partial charge on any atom is -0.492 e. The Hall–Kier alpha value is -1.25. The van der Waals surface area contributed by atoms with E-state index < -0.39 is 15.9 Å². The summed E-state index contributed by atoms with van der Waals surface area (Å²) in [4.78, 5) is 11.7. The molecule has 1 aromatic rings. The number of thioether (sulfide) groups is 1. The number of ether oxygens (including phenoxy) is 1. The molecule has 0 atom stereocenters. The third-order valence-corrected chi connectivity index (χ3v) is 5.93. The molecule has 1 aliphatic heterocycles. The van der Waals surface area contributed by atoms with Crippen LogP contribution in [0.15, 0.2) is 23.1 Å². The zero-order valence-electron chi connectivity index (χ0n) is 12.4. The van der Waals surface area contributed by atoms with Crippen LogP contribution in [0.1, 0.15) is 23.2 Å². The number of carbonyl (C=O) groups excluding carboxylic acids is 1. The quantitative estimate of drug-likeness (QED) is 0.753. The number of sulfonamides is 1. The lowest BCUT2D eigenvalue weighted by atomic mass is 10.2. The van der Waals surface area contributed by atoms with Crippen molar-refractivity contribution in [3.8, 4) is 5.75 Å². The molecule has 0 unspecified atom stereocenters. The van der Waals surface area contributed by atoms with E-state index in [2.05, 4.69) is 0 Å². The summed E-state index contributed by atoms with van der Waals surface area (Å²) in [5.74, 6) is 0.394. The normalized spacial score (nSPS) is 15.9. The molecular weight excluding hydrogens is 324 g/mol. The standard InChI is InChI=1S/C14H20N2O4S2/c1-21-9-8-20-13-5-4-11(10-12(13)14(15)17)22(18,19)16-6-2-3-7-16/h4-5,10H,2-3,6-9H2,1H3,(H2,15,17). The molecular formula is C14H20N2O4S2. The van der Waals surface area contributed by atoms with Gasteiger partial charge in [0.25, 0.3) is 5.91 Å². The summed E-state index contributed by atoms with van der Waals surface area (Å²) in [6, 6.07) is 4.28. The van der Waals surface area contributed by atoms with Gasteiger partial charge in [-0.15, -0.1) is 0 Å². The number of carbonyl (C=O) groups is 1. The van der Waals surface area contributed by atoms with Crippen LogP contribution in [0, 0.1) is 0 Å². The molecule has 8 heteroatoms. The molecule has 1 aliphatic rings. The number of benzene rings is 1. The molecule has 2 rings (SSSR count). The minimum absolute atomic E-state index is 0.0837. The van der Waals surface area contributed by atoms with Gasteiger partial charge >= 0.3 is 0 Å². The molecule has 22 heavy (non-hydrogen) atoms. The maximum absolute atomic E-state index is 12.5. The van der Waals surface area contributed by atoms with E-state index in [4.69, 9.17) is 10.5 Å². The second-order valence-corrected chi connectivity index (χ2v) is 7.90. The second kappa shape index (κ2) is 7.34. The first-order valence-electron chi connectivity index (χ1n) is 7.02. The van der Waals surface area contributed by atoms with Crippen molar-refractivity contribution in [1.29, 1.82) is 0 Å². The number of nitrogens with zero attached hydrogens (tertiary/aromatic N) is 1. The van der Waals surface area contributed by atoms with Gasteiger partial charge in [0, 0.05) is 18.8 Å². The first kappa shape index (κ1) is 17.1. The highest BCUT2D eigenvalue weighted by Crippen LogP contribution is 2.26. The fraction of sp³-hybridized carbons (Fsp3) is 0.500. The van der Waals surface area contributed by atoms with E-state index in [0.29, 0.717) is 25.4 Å². The number of amides is 1. The van der Waals surface area contributed by atoms with E-state index >= 15 is 0 Å². The van der Waals surface area contributed by atoms with E-state index in [-0.39, 0.29) is 10.5 Å². The molecule has 0 radical (unpaired) electrons. The van der Waals surface area contributed by atoms with Crippen molar-refractivity contribution in [1.82, 2.24) is 4.31 Å². The third-order valence-electron chi connectivity index (χ3n) is 3.46. The molecule has 1 saturated heterocycles. The summed E-state index contributed by atoms with van der Waals surface area (Å²) in [7, 11) is -3.57. The average Bonchev–Trinajstić information content (AvgIpc) is 3.02. The predicted molar refractivity (Wildman–Crippen MR) is 86.8 cm³/mol. The Morgan fingerprint density at radius 3 is 2.64 bits per heavy atom. The Bertz CT molecular complexity index is 640. The van der Waals surface area contributed by atoms with Gasteiger partial charge in [-0.25, -0.2) is 8.42 Å². The first-order chi connectivity index (χ1) is 10.5. The van der Waals surface area contributed by atoms with Crippen LogP contribution in [0.3, 0.4) is 0 Å². The first-order valence-corrected chi connectivity index (χ1v) is 9.86. The van der Waals surface area contributed by atoms with Crippen molar-refractivity contribution in [3.63, 3.8) is 0 Å². The Morgan fingerprint density at radius 1 is 1.36 bits per heavy atom. The number of rotatable bonds is 7. The van der Waals surface area contributed by atoms with Crippen LogP contribution in [0.5, 0.6) is 5.75 Å².